The second-order valence-electron chi connectivity index (χ2n) is 5.46. The van der Waals surface area contributed by atoms with Gasteiger partial charge in [-0.1, -0.05) is 0 Å². The molecule has 2 rings (SSSR count). The minimum absolute atomic E-state index is 0.385. The summed E-state index contributed by atoms with van der Waals surface area (Å²) in [6.07, 6.45) is 1.89. The van der Waals surface area contributed by atoms with Gasteiger partial charge in [-0.05, 0) is 48.3 Å². The number of rotatable bonds is 2. The maximum absolute atomic E-state index is 9.18. The third-order valence-corrected chi connectivity index (χ3v) is 4.19. The molecule has 0 unspecified atom stereocenters. The van der Waals surface area contributed by atoms with Crippen LogP contribution < -0.4 is 4.90 Å². The van der Waals surface area contributed by atoms with Gasteiger partial charge in [0.15, 0.2) is 0 Å². The summed E-state index contributed by atoms with van der Waals surface area (Å²) in [6, 6.07) is 4.46. The second kappa shape index (κ2) is 5.48. The zero-order chi connectivity index (χ0) is 14.0. The highest BCUT2D eigenvalue weighted by Gasteiger charge is 2.30. The van der Waals surface area contributed by atoms with Crippen LogP contribution in [0.1, 0.15) is 19.4 Å². The molecule has 1 aliphatic heterocycles. The minimum atomic E-state index is -0.385. The van der Waals surface area contributed by atoms with Crippen molar-refractivity contribution < 1.29 is 0 Å². The molecule has 0 saturated carbocycles. The highest BCUT2D eigenvalue weighted by Crippen LogP contribution is 2.26. The molecule has 102 valence electrons. The van der Waals surface area contributed by atoms with E-state index in [1.807, 2.05) is 27.0 Å². The third-order valence-electron chi connectivity index (χ3n) is 3.60. The van der Waals surface area contributed by atoms with Crippen LogP contribution in [0.2, 0.25) is 0 Å². The van der Waals surface area contributed by atoms with E-state index >= 15 is 0 Å². The molecular weight excluding hydrogens is 304 g/mol. The lowest BCUT2D eigenvalue weighted by molar-refractivity contribution is 0.157. The summed E-state index contributed by atoms with van der Waals surface area (Å²) >= 11 is 3.58. The van der Waals surface area contributed by atoms with Gasteiger partial charge in [-0.15, -0.1) is 0 Å². The van der Waals surface area contributed by atoms with Crippen molar-refractivity contribution in [3.05, 3.63) is 22.3 Å². The molecule has 1 aromatic heterocycles. The van der Waals surface area contributed by atoms with Gasteiger partial charge in [-0.3, -0.25) is 4.90 Å². The summed E-state index contributed by atoms with van der Waals surface area (Å²) in [7, 11) is 0. The second-order valence-corrected chi connectivity index (χ2v) is 6.32. The van der Waals surface area contributed by atoms with Gasteiger partial charge < -0.3 is 4.90 Å². The monoisotopic (exact) mass is 322 g/mol. The van der Waals surface area contributed by atoms with Crippen LogP contribution in [0.4, 0.5) is 5.82 Å². The number of aryl methyl sites for hydroxylation is 1. The van der Waals surface area contributed by atoms with Crippen molar-refractivity contribution in [3.63, 3.8) is 0 Å². The Balaban J connectivity index is 2.06. The van der Waals surface area contributed by atoms with Crippen molar-refractivity contribution >= 4 is 21.7 Å². The average Bonchev–Trinajstić information content (AvgIpc) is 2.39. The topological polar surface area (TPSA) is 43.2 Å². The van der Waals surface area contributed by atoms with E-state index in [1.165, 1.54) is 0 Å². The fraction of sp³-hybridized carbons (Fsp3) is 0.571. The van der Waals surface area contributed by atoms with Gasteiger partial charge in [-0.25, -0.2) is 4.98 Å². The van der Waals surface area contributed by atoms with Crippen molar-refractivity contribution in [1.82, 2.24) is 9.88 Å². The highest BCUT2D eigenvalue weighted by atomic mass is 79.9. The maximum atomic E-state index is 9.18. The molecule has 1 aromatic rings. The van der Waals surface area contributed by atoms with Crippen LogP contribution in [0.3, 0.4) is 0 Å². The zero-order valence-corrected chi connectivity index (χ0v) is 13.2. The third kappa shape index (κ3) is 3.07. The van der Waals surface area contributed by atoms with Gasteiger partial charge in [0, 0.05) is 32.4 Å². The molecule has 0 N–H and O–H groups in total. The van der Waals surface area contributed by atoms with Crippen molar-refractivity contribution in [2.75, 3.05) is 31.1 Å². The van der Waals surface area contributed by atoms with E-state index in [9.17, 15) is 5.26 Å². The van der Waals surface area contributed by atoms with Crippen LogP contribution in [-0.4, -0.2) is 41.6 Å². The summed E-state index contributed by atoms with van der Waals surface area (Å²) in [5, 5.41) is 9.18. The van der Waals surface area contributed by atoms with Crippen LogP contribution >= 0.6 is 15.9 Å². The Kier molecular flexibility index (Phi) is 4.12. The number of pyridine rings is 1. The van der Waals surface area contributed by atoms with Gasteiger partial charge in [0.25, 0.3) is 0 Å². The lowest BCUT2D eigenvalue weighted by atomic mass is 10.0. The Morgan fingerprint density at radius 1 is 1.32 bits per heavy atom. The number of halogens is 1. The first-order chi connectivity index (χ1) is 8.94. The molecule has 2 heterocycles. The van der Waals surface area contributed by atoms with Crippen LogP contribution in [0.15, 0.2) is 16.7 Å². The largest absolute Gasteiger partial charge is 0.353 e. The van der Waals surface area contributed by atoms with Crippen molar-refractivity contribution in [3.8, 4) is 6.07 Å². The van der Waals surface area contributed by atoms with Crippen molar-refractivity contribution in [1.29, 1.82) is 5.26 Å². The van der Waals surface area contributed by atoms with E-state index in [-0.39, 0.29) is 5.54 Å². The summed E-state index contributed by atoms with van der Waals surface area (Å²) < 4.78 is 1.04. The number of hydrogen-bond acceptors (Lipinski definition) is 4. The van der Waals surface area contributed by atoms with Gasteiger partial charge in [0.05, 0.1) is 10.5 Å². The molecule has 0 aromatic carbocycles. The lowest BCUT2D eigenvalue weighted by Crippen LogP contribution is -2.54. The molecular formula is C14H19BrN4. The summed E-state index contributed by atoms with van der Waals surface area (Å²) in [6.45, 7) is 9.57. The normalized spacial score (nSPS) is 17.3. The van der Waals surface area contributed by atoms with Gasteiger partial charge >= 0.3 is 0 Å². The van der Waals surface area contributed by atoms with Gasteiger partial charge in [0.2, 0.25) is 0 Å². The molecule has 0 bridgehead atoms. The number of nitriles is 1. The van der Waals surface area contributed by atoms with E-state index in [0.717, 1.165) is 42.0 Å². The molecule has 1 fully saturated rings. The number of hydrogen-bond donors (Lipinski definition) is 0. The smallest absolute Gasteiger partial charge is 0.142 e. The predicted molar refractivity (Wildman–Crippen MR) is 80.2 cm³/mol. The molecule has 0 spiro atoms. The number of anilines is 1. The van der Waals surface area contributed by atoms with E-state index < -0.39 is 0 Å². The lowest BCUT2D eigenvalue weighted by Gasteiger charge is -2.41. The van der Waals surface area contributed by atoms with Crippen LogP contribution in [0.25, 0.3) is 0 Å². The molecule has 0 aliphatic carbocycles. The molecule has 4 nitrogen and oxygen atoms in total. The Labute approximate surface area is 123 Å². The fourth-order valence-corrected chi connectivity index (χ4v) is 3.02. The Morgan fingerprint density at radius 2 is 1.95 bits per heavy atom. The molecule has 1 saturated heterocycles. The Hall–Kier alpha value is -1.12. The SMILES string of the molecule is Cc1cnc(N2CCN(C(C)(C)C#N)CC2)c(Br)c1. The number of piperazine rings is 1. The van der Waals surface area contributed by atoms with Crippen LogP contribution in [0.5, 0.6) is 0 Å². The predicted octanol–water partition coefficient (Wildman–Crippen LogP) is 2.58. The van der Waals surface area contributed by atoms with Crippen LogP contribution in [0, 0.1) is 18.3 Å². The van der Waals surface area contributed by atoms with Crippen LogP contribution in [-0.2, 0) is 0 Å². The molecule has 0 radical (unpaired) electrons. The molecule has 1 aliphatic rings. The Bertz CT molecular complexity index is 499. The van der Waals surface area contributed by atoms with Crippen molar-refractivity contribution in [2.24, 2.45) is 0 Å². The first kappa shape index (κ1) is 14.3. The molecule has 0 amide bonds. The molecule has 19 heavy (non-hydrogen) atoms. The average molecular weight is 323 g/mol. The van der Waals surface area contributed by atoms with E-state index in [1.54, 1.807) is 0 Å². The minimum Gasteiger partial charge on any atom is -0.353 e. The quantitative estimate of drug-likeness (QED) is 0.839. The van der Waals surface area contributed by atoms with Gasteiger partial charge in [0.1, 0.15) is 11.4 Å². The number of nitrogens with zero attached hydrogens (tertiary/aromatic N) is 4. The number of aromatic nitrogens is 1. The molecule has 0 atom stereocenters. The van der Waals surface area contributed by atoms with Gasteiger partial charge in [-0.2, -0.15) is 5.26 Å². The van der Waals surface area contributed by atoms with E-state index in [0.29, 0.717) is 0 Å². The first-order valence-corrected chi connectivity index (χ1v) is 7.27. The first-order valence-electron chi connectivity index (χ1n) is 6.47. The summed E-state index contributed by atoms with van der Waals surface area (Å²) in [4.78, 5) is 9.00. The zero-order valence-electron chi connectivity index (χ0n) is 11.6. The Morgan fingerprint density at radius 3 is 2.47 bits per heavy atom. The standard InChI is InChI=1S/C14H19BrN4/c1-11-8-12(15)13(17-9-11)18-4-6-19(7-5-18)14(2,3)10-16/h8-9H,4-7H2,1-3H3. The van der Waals surface area contributed by atoms with E-state index in [4.69, 9.17) is 0 Å². The highest BCUT2D eigenvalue weighted by molar-refractivity contribution is 9.10. The summed E-state index contributed by atoms with van der Waals surface area (Å²) in [5.41, 5.74) is 0.768. The van der Waals surface area contributed by atoms with Crippen molar-refractivity contribution in [2.45, 2.75) is 26.3 Å². The molecule has 5 heteroatoms. The van der Waals surface area contributed by atoms with E-state index in [2.05, 4.69) is 42.8 Å². The fourth-order valence-electron chi connectivity index (χ4n) is 2.31. The maximum Gasteiger partial charge on any atom is 0.142 e. The summed E-state index contributed by atoms with van der Waals surface area (Å²) in [5.74, 6) is 1.00.